The van der Waals surface area contributed by atoms with E-state index in [9.17, 15) is 4.79 Å². The van der Waals surface area contributed by atoms with Crippen LogP contribution in [0, 0.1) is 0 Å². The van der Waals surface area contributed by atoms with Crippen molar-refractivity contribution in [2.24, 2.45) is 0 Å². The van der Waals surface area contributed by atoms with E-state index in [-0.39, 0.29) is 5.78 Å². The highest BCUT2D eigenvalue weighted by molar-refractivity contribution is 5.87. The van der Waals surface area contributed by atoms with E-state index >= 15 is 0 Å². The van der Waals surface area contributed by atoms with Gasteiger partial charge in [0.25, 0.3) is 0 Å². The van der Waals surface area contributed by atoms with Crippen LogP contribution in [-0.2, 0) is 9.53 Å². The third-order valence-corrected chi connectivity index (χ3v) is 1.18. The predicted octanol–water partition coefficient (Wildman–Crippen LogP) is 2.11. The van der Waals surface area contributed by atoms with E-state index in [1.54, 1.807) is 6.08 Å². The van der Waals surface area contributed by atoms with Gasteiger partial charge in [0, 0.05) is 0 Å². The Labute approximate surface area is 73.9 Å². The van der Waals surface area contributed by atoms with E-state index in [1.165, 1.54) is 18.6 Å². The fourth-order valence-electron chi connectivity index (χ4n) is 0.576. The zero-order chi connectivity index (χ0) is 9.40. The lowest BCUT2D eigenvalue weighted by atomic mass is 10.3. The van der Waals surface area contributed by atoms with Gasteiger partial charge in [-0.2, -0.15) is 0 Å². The molecular weight excluding hydrogens is 152 g/mol. The molecule has 0 fully saturated rings. The molecule has 0 aliphatic heterocycles. The molecule has 0 atom stereocenters. The zero-order valence-corrected chi connectivity index (χ0v) is 7.96. The van der Waals surface area contributed by atoms with Crippen molar-refractivity contribution in [3.63, 3.8) is 0 Å². The van der Waals surface area contributed by atoms with E-state index in [2.05, 4.69) is 0 Å². The Morgan fingerprint density at radius 2 is 1.92 bits per heavy atom. The lowest BCUT2D eigenvalue weighted by Crippen LogP contribution is -1.92. The Balaban J connectivity index is 3.33. The molecule has 0 amide bonds. The van der Waals surface area contributed by atoms with Crippen LogP contribution in [0.1, 0.15) is 20.8 Å². The number of ketones is 1. The number of hydrogen-bond donors (Lipinski definition) is 0. The molecule has 68 valence electrons. The SMILES string of the molecule is CC(=O)/C=C/COCC=C(C)C. The number of ether oxygens (including phenoxy) is 1. The third kappa shape index (κ3) is 9.11. The van der Waals surface area contributed by atoms with Crippen LogP contribution in [0.4, 0.5) is 0 Å². The van der Waals surface area contributed by atoms with Gasteiger partial charge < -0.3 is 4.74 Å². The monoisotopic (exact) mass is 168 g/mol. The molecular formula is C10H16O2. The average Bonchev–Trinajstić information content (AvgIpc) is 1.95. The van der Waals surface area contributed by atoms with Crippen molar-refractivity contribution in [2.45, 2.75) is 20.8 Å². The Morgan fingerprint density at radius 3 is 2.42 bits per heavy atom. The predicted molar refractivity (Wildman–Crippen MR) is 50.1 cm³/mol. The summed E-state index contributed by atoms with van der Waals surface area (Å²) in [5.41, 5.74) is 1.24. The molecule has 0 heterocycles. The summed E-state index contributed by atoms with van der Waals surface area (Å²) in [7, 11) is 0. The molecule has 0 N–H and O–H groups in total. The minimum Gasteiger partial charge on any atom is -0.373 e. The number of rotatable bonds is 5. The summed E-state index contributed by atoms with van der Waals surface area (Å²) < 4.78 is 5.18. The fourth-order valence-corrected chi connectivity index (χ4v) is 0.576. The van der Waals surface area contributed by atoms with Gasteiger partial charge in [0.15, 0.2) is 5.78 Å². The summed E-state index contributed by atoms with van der Waals surface area (Å²) in [6.45, 7) is 6.68. The van der Waals surface area contributed by atoms with Gasteiger partial charge in [-0.1, -0.05) is 17.7 Å². The second kappa shape index (κ2) is 6.80. The van der Waals surface area contributed by atoms with Crippen molar-refractivity contribution in [3.05, 3.63) is 23.8 Å². The molecule has 0 saturated heterocycles. The molecule has 0 aromatic rings. The fraction of sp³-hybridized carbons (Fsp3) is 0.500. The first-order valence-corrected chi connectivity index (χ1v) is 4.01. The molecule has 0 aliphatic rings. The number of carbonyl (C=O) groups excluding carboxylic acids is 1. The first-order valence-electron chi connectivity index (χ1n) is 4.01. The summed E-state index contributed by atoms with van der Waals surface area (Å²) in [4.78, 5) is 10.4. The number of carbonyl (C=O) groups is 1. The second-order valence-corrected chi connectivity index (χ2v) is 2.83. The van der Waals surface area contributed by atoms with Crippen LogP contribution in [-0.4, -0.2) is 19.0 Å². The number of hydrogen-bond acceptors (Lipinski definition) is 2. The molecule has 0 aliphatic carbocycles. The standard InChI is InChI=1S/C10H16O2/c1-9(2)6-8-12-7-4-5-10(3)11/h4-6H,7-8H2,1-3H3/b5-4+. The van der Waals surface area contributed by atoms with Crippen molar-refractivity contribution in [3.8, 4) is 0 Å². The average molecular weight is 168 g/mol. The maximum absolute atomic E-state index is 10.4. The summed E-state index contributed by atoms with van der Waals surface area (Å²) in [6, 6.07) is 0. The van der Waals surface area contributed by atoms with Crippen LogP contribution in [0.25, 0.3) is 0 Å². The molecule has 12 heavy (non-hydrogen) atoms. The topological polar surface area (TPSA) is 26.3 Å². The molecule has 0 rings (SSSR count). The molecule has 2 nitrogen and oxygen atoms in total. The second-order valence-electron chi connectivity index (χ2n) is 2.83. The molecule has 0 unspecified atom stereocenters. The van der Waals surface area contributed by atoms with Crippen LogP contribution in [0.15, 0.2) is 23.8 Å². The van der Waals surface area contributed by atoms with Crippen LogP contribution in [0.2, 0.25) is 0 Å². The van der Waals surface area contributed by atoms with Gasteiger partial charge in [-0.05, 0) is 26.8 Å². The first-order chi connectivity index (χ1) is 5.63. The molecule has 0 spiro atoms. The molecule has 0 bridgehead atoms. The zero-order valence-electron chi connectivity index (χ0n) is 7.96. The Bertz CT molecular complexity index is 186. The van der Waals surface area contributed by atoms with Gasteiger partial charge in [0.1, 0.15) is 0 Å². The highest BCUT2D eigenvalue weighted by Gasteiger charge is 1.82. The Hall–Kier alpha value is -0.890. The van der Waals surface area contributed by atoms with Gasteiger partial charge >= 0.3 is 0 Å². The maximum Gasteiger partial charge on any atom is 0.152 e. The minimum atomic E-state index is 0.0563. The molecule has 0 radical (unpaired) electrons. The highest BCUT2D eigenvalue weighted by atomic mass is 16.5. The van der Waals surface area contributed by atoms with Crippen LogP contribution < -0.4 is 0 Å². The van der Waals surface area contributed by atoms with Crippen molar-refractivity contribution in [1.82, 2.24) is 0 Å². The van der Waals surface area contributed by atoms with E-state index in [0.29, 0.717) is 13.2 Å². The minimum absolute atomic E-state index is 0.0563. The largest absolute Gasteiger partial charge is 0.373 e. The lowest BCUT2D eigenvalue weighted by molar-refractivity contribution is -0.112. The quantitative estimate of drug-likeness (QED) is 0.357. The molecule has 2 heteroatoms. The molecule has 0 aromatic heterocycles. The molecule has 0 aromatic carbocycles. The van der Waals surface area contributed by atoms with Crippen molar-refractivity contribution >= 4 is 5.78 Å². The van der Waals surface area contributed by atoms with Gasteiger partial charge in [-0.25, -0.2) is 0 Å². The first kappa shape index (κ1) is 11.1. The highest BCUT2D eigenvalue weighted by Crippen LogP contribution is 1.88. The van der Waals surface area contributed by atoms with E-state index in [4.69, 9.17) is 4.74 Å². The van der Waals surface area contributed by atoms with Crippen molar-refractivity contribution in [1.29, 1.82) is 0 Å². The van der Waals surface area contributed by atoms with Gasteiger partial charge in [-0.15, -0.1) is 0 Å². The lowest BCUT2D eigenvalue weighted by Gasteiger charge is -1.94. The summed E-state index contributed by atoms with van der Waals surface area (Å²) in [6.07, 6.45) is 5.24. The third-order valence-electron chi connectivity index (χ3n) is 1.18. The summed E-state index contributed by atoms with van der Waals surface area (Å²) in [5.74, 6) is 0.0563. The van der Waals surface area contributed by atoms with Gasteiger partial charge in [0.05, 0.1) is 13.2 Å². The van der Waals surface area contributed by atoms with Gasteiger partial charge in [0.2, 0.25) is 0 Å². The van der Waals surface area contributed by atoms with Crippen LogP contribution >= 0.6 is 0 Å². The Kier molecular flexibility index (Phi) is 6.29. The summed E-state index contributed by atoms with van der Waals surface area (Å²) in [5, 5.41) is 0. The van der Waals surface area contributed by atoms with Crippen molar-refractivity contribution in [2.75, 3.05) is 13.2 Å². The normalized spacial score (nSPS) is 10.2. The molecule has 0 saturated carbocycles. The van der Waals surface area contributed by atoms with Crippen LogP contribution in [0.5, 0.6) is 0 Å². The van der Waals surface area contributed by atoms with Crippen LogP contribution in [0.3, 0.4) is 0 Å². The van der Waals surface area contributed by atoms with E-state index in [1.807, 2.05) is 19.9 Å². The maximum atomic E-state index is 10.4. The van der Waals surface area contributed by atoms with E-state index < -0.39 is 0 Å². The number of allylic oxidation sites excluding steroid dienone is 2. The smallest absolute Gasteiger partial charge is 0.152 e. The summed E-state index contributed by atoms with van der Waals surface area (Å²) >= 11 is 0. The Morgan fingerprint density at radius 1 is 1.25 bits per heavy atom. The van der Waals surface area contributed by atoms with Gasteiger partial charge in [-0.3, -0.25) is 4.79 Å². The van der Waals surface area contributed by atoms with Crippen molar-refractivity contribution < 1.29 is 9.53 Å². The van der Waals surface area contributed by atoms with E-state index in [0.717, 1.165) is 0 Å².